The highest BCUT2D eigenvalue weighted by Crippen LogP contribution is 2.31. The van der Waals surface area contributed by atoms with E-state index in [2.05, 4.69) is 31.3 Å². The first-order valence-corrected chi connectivity index (χ1v) is 8.41. The van der Waals surface area contributed by atoms with Crippen molar-refractivity contribution >= 4 is 11.8 Å². The van der Waals surface area contributed by atoms with Crippen LogP contribution in [0.5, 0.6) is 5.75 Å². The second-order valence-corrected chi connectivity index (χ2v) is 6.72. The van der Waals surface area contributed by atoms with E-state index in [0.717, 1.165) is 30.1 Å². The molecule has 0 aliphatic carbocycles. The lowest BCUT2D eigenvalue weighted by Gasteiger charge is -2.27. The molecule has 20 heavy (non-hydrogen) atoms. The van der Waals surface area contributed by atoms with E-state index in [9.17, 15) is 5.11 Å². The summed E-state index contributed by atoms with van der Waals surface area (Å²) in [7, 11) is 1.71. The van der Waals surface area contributed by atoms with Gasteiger partial charge in [-0.25, -0.2) is 0 Å². The molecule has 112 valence electrons. The Morgan fingerprint density at radius 1 is 1.50 bits per heavy atom. The predicted octanol–water partition coefficient (Wildman–Crippen LogP) is 2.91. The van der Waals surface area contributed by atoms with Crippen LogP contribution >= 0.6 is 11.8 Å². The molecule has 2 atom stereocenters. The lowest BCUT2D eigenvalue weighted by atomic mass is 9.98. The molecular formula is C16H25NO2S. The average Bonchev–Trinajstić information content (AvgIpc) is 2.87. The Hall–Kier alpha value is -0.710. The number of benzene rings is 1. The van der Waals surface area contributed by atoms with Gasteiger partial charge < -0.3 is 15.2 Å². The molecule has 0 saturated carbocycles. The van der Waals surface area contributed by atoms with E-state index in [-0.39, 0.29) is 6.04 Å². The number of hydrogen-bond donors (Lipinski definition) is 2. The second kappa shape index (κ2) is 6.83. The summed E-state index contributed by atoms with van der Waals surface area (Å²) in [5.74, 6) is 2.81. The summed E-state index contributed by atoms with van der Waals surface area (Å²) in [6.45, 7) is 4.90. The minimum Gasteiger partial charge on any atom is -0.496 e. The largest absolute Gasteiger partial charge is 0.496 e. The van der Waals surface area contributed by atoms with Crippen LogP contribution < -0.4 is 10.1 Å². The summed E-state index contributed by atoms with van der Waals surface area (Å²) < 4.78 is 5.47. The monoisotopic (exact) mass is 295 g/mol. The van der Waals surface area contributed by atoms with E-state index in [4.69, 9.17) is 4.74 Å². The molecule has 1 aromatic rings. The summed E-state index contributed by atoms with van der Waals surface area (Å²) in [5.41, 5.74) is 1.87. The zero-order valence-corrected chi connectivity index (χ0v) is 13.4. The minimum atomic E-state index is -0.546. The van der Waals surface area contributed by atoms with Crippen molar-refractivity contribution in [2.75, 3.05) is 25.2 Å². The van der Waals surface area contributed by atoms with Crippen molar-refractivity contribution in [1.29, 1.82) is 0 Å². The van der Waals surface area contributed by atoms with Gasteiger partial charge in [-0.2, -0.15) is 11.8 Å². The Labute approximate surface area is 126 Å². The van der Waals surface area contributed by atoms with Gasteiger partial charge in [-0.1, -0.05) is 24.6 Å². The highest BCUT2D eigenvalue weighted by Gasteiger charge is 2.32. The van der Waals surface area contributed by atoms with E-state index in [1.165, 1.54) is 11.1 Å². The van der Waals surface area contributed by atoms with Gasteiger partial charge >= 0.3 is 0 Å². The molecule has 1 aliphatic heterocycles. The van der Waals surface area contributed by atoms with Gasteiger partial charge in [0.15, 0.2) is 0 Å². The fourth-order valence-electron chi connectivity index (χ4n) is 2.65. The topological polar surface area (TPSA) is 41.5 Å². The first-order valence-electron chi connectivity index (χ1n) is 7.26. The number of thioether (sulfide) groups is 1. The zero-order valence-electron chi connectivity index (χ0n) is 12.6. The quantitative estimate of drug-likeness (QED) is 0.847. The summed E-state index contributed by atoms with van der Waals surface area (Å²) in [5, 5.41) is 14.0. The molecule has 0 unspecified atom stereocenters. The fraction of sp³-hybridized carbons (Fsp3) is 0.625. The van der Waals surface area contributed by atoms with Crippen LogP contribution in [-0.2, 0) is 0 Å². The molecule has 1 aromatic carbocycles. The highest BCUT2D eigenvalue weighted by molar-refractivity contribution is 7.99. The van der Waals surface area contributed by atoms with Crippen LogP contribution in [0.15, 0.2) is 18.2 Å². The number of aryl methyl sites for hydroxylation is 1. The third kappa shape index (κ3) is 3.68. The predicted molar refractivity (Wildman–Crippen MR) is 85.7 cm³/mol. The number of ether oxygens (including phenoxy) is 1. The number of nitrogens with one attached hydrogen (secondary N) is 1. The Balaban J connectivity index is 2.09. The van der Waals surface area contributed by atoms with Gasteiger partial charge in [0.2, 0.25) is 0 Å². The maximum atomic E-state index is 10.4. The Bertz CT molecular complexity index is 444. The van der Waals surface area contributed by atoms with E-state index in [1.807, 2.05) is 17.8 Å². The molecule has 1 fully saturated rings. The zero-order chi connectivity index (χ0) is 14.6. The third-order valence-corrected chi connectivity index (χ3v) is 5.16. The fourth-order valence-corrected chi connectivity index (χ4v) is 3.94. The number of rotatable bonds is 6. The van der Waals surface area contributed by atoms with Crippen molar-refractivity contribution in [3.63, 3.8) is 0 Å². The molecule has 3 nitrogen and oxygen atoms in total. The second-order valence-electron chi connectivity index (χ2n) is 5.61. The molecule has 0 radical (unpaired) electrons. The SMILES string of the molecule is CC[C@@H](NC[C@]1(O)CCSC1)c1cc(C)ccc1OC. The smallest absolute Gasteiger partial charge is 0.123 e. The van der Waals surface area contributed by atoms with Crippen LogP contribution in [0.1, 0.15) is 36.9 Å². The molecule has 1 heterocycles. The van der Waals surface area contributed by atoms with E-state index in [0.29, 0.717) is 6.54 Å². The molecule has 0 bridgehead atoms. The molecule has 0 aromatic heterocycles. The van der Waals surface area contributed by atoms with E-state index >= 15 is 0 Å². The summed E-state index contributed by atoms with van der Waals surface area (Å²) in [6.07, 6.45) is 1.86. The summed E-state index contributed by atoms with van der Waals surface area (Å²) in [6, 6.07) is 6.48. The normalized spacial score (nSPS) is 23.8. The van der Waals surface area contributed by atoms with Crippen molar-refractivity contribution in [2.45, 2.75) is 38.3 Å². The van der Waals surface area contributed by atoms with Crippen molar-refractivity contribution in [3.8, 4) is 5.75 Å². The molecule has 0 spiro atoms. The molecule has 1 saturated heterocycles. The Morgan fingerprint density at radius 2 is 2.30 bits per heavy atom. The van der Waals surface area contributed by atoms with Gasteiger partial charge in [0.05, 0.1) is 12.7 Å². The lowest BCUT2D eigenvalue weighted by Crippen LogP contribution is -2.41. The van der Waals surface area contributed by atoms with Gasteiger partial charge in [-0.05, 0) is 31.6 Å². The van der Waals surface area contributed by atoms with Gasteiger partial charge in [-0.15, -0.1) is 0 Å². The summed E-state index contributed by atoms with van der Waals surface area (Å²) >= 11 is 1.83. The van der Waals surface area contributed by atoms with Crippen LogP contribution in [0.2, 0.25) is 0 Å². The number of aliphatic hydroxyl groups is 1. The third-order valence-electron chi connectivity index (χ3n) is 3.93. The highest BCUT2D eigenvalue weighted by atomic mass is 32.2. The first-order chi connectivity index (χ1) is 9.58. The molecule has 1 aliphatic rings. The van der Waals surface area contributed by atoms with Crippen LogP contribution in [-0.4, -0.2) is 35.9 Å². The average molecular weight is 295 g/mol. The van der Waals surface area contributed by atoms with Gasteiger partial charge in [0.25, 0.3) is 0 Å². The van der Waals surface area contributed by atoms with Crippen molar-refractivity contribution in [3.05, 3.63) is 29.3 Å². The molecule has 0 amide bonds. The van der Waals surface area contributed by atoms with E-state index in [1.54, 1.807) is 7.11 Å². The molecule has 4 heteroatoms. The number of hydrogen-bond acceptors (Lipinski definition) is 4. The van der Waals surface area contributed by atoms with Crippen LogP contribution in [0.4, 0.5) is 0 Å². The van der Waals surface area contributed by atoms with Gasteiger partial charge in [0, 0.05) is 23.9 Å². The maximum absolute atomic E-state index is 10.4. The van der Waals surface area contributed by atoms with Gasteiger partial charge in [-0.3, -0.25) is 0 Å². The Kier molecular flexibility index (Phi) is 5.35. The molecule has 2 rings (SSSR count). The van der Waals surface area contributed by atoms with Crippen molar-refractivity contribution < 1.29 is 9.84 Å². The Morgan fingerprint density at radius 3 is 2.90 bits per heavy atom. The van der Waals surface area contributed by atoms with Crippen LogP contribution in [0, 0.1) is 6.92 Å². The standard InChI is InChI=1S/C16H25NO2S/c1-4-14(17-10-16(18)7-8-20-11-16)13-9-12(2)5-6-15(13)19-3/h5-6,9,14,17-18H,4,7-8,10-11H2,1-3H3/t14-,16-/m1/s1. The lowest BCUT2D eigenvalue weighted by molar-refractivity contribution is 0.0642. The van der Waals surface area contributed by atoms with E-state index < -0.39 is 5.60 Å². The molecular weight excluding hydrogens is 270 g/mol. The van der Waals surface area contributed by atoms with Crippen molar-refractivity contribution in [1.82, 2.24) is 5.32 Å². The van der Waals surface area contributed by atoms with Crippen LogP contribution in [0.3, 0.4) is 0 Å². The first kappa shape index (κ1) is 15.7. The maximum Gasteiger partial charge on any atom is 0.123 e. The van der Waals surface area contributed by atoms with Crippen LogP contribution in [0.25, 0.3) is 0 Å². The van der Waals surface area contributed by atoms with Gasteiger partial charge in [0.1, 0.15) is 5.75 Å². The van der Waals surface area contributed by atoms with Crippen molar-refractivity contribution in [2.24, 2.45) is 0 Å². The summed E-state index contributed by atoms with van der Waals surface area (Å²) in [4.78, 5) is 0. The minimum absolute atomic E-state index is 0.222. The number of methoxy groups -OCH3 is 1. The molecule has 2 N–H and O–H groups in total.